The number of hydrogen-bond donors (Lipinski definition) is 2. The minimum atomic E-state index is 0.439. The van der Waals surface area contributed by atoms with E-state index in [-0.39, 0.29) is 0 Å². The summed E-state index contributed by atoms with van der Waals surface area (Å²) in [5, 5.41) is 6.48. The van der Waals surface area contributed by atoms with E-state index in [2.05, 4.69) is 49.3 Å². The van der Waals surface area contributed by atoms with Crippen LogP contribution in [0.1, 0.15) is 19.4 Å². The van der Waals surface area contributed by atoms with Crippen LogP contribution in [-0.4, -0.2) is 13.1 Å². The number of nitrogens with one attached hydrogen (secondary N) is 2. The van der Waals surface area contributed by atoms with E-state index in [1.165, 1.54) is 0 Å². The van der Waals surface area contributed by atoms with E-state index >= 15 is 0 Å². The first kappa shape index (κ1) is 10.6. The molecule has 0 saturated carbocycles. The quantitative estimate of drug-likeness (QED) is 0.762. The largest absolute Gasteiger partial charge is 0.388 e. The average Bonchev–Trinajstić information content (AvgIpc) is 2.17. The maximum atomic E-state index is 3.81. The molecule has 1 aromatic rings. The Kier molecular flexibility index (Phi) is 3.57. The van der Waals surface area contributed by atoms with Crippen molar-refractivity contribution in [3.63, 3.8) is 0 Å². The Morgan fingerprint density at radius 1 is 1.36 bits per heavy atom. The lowest BCUT2D eigenvalue weighted by atomic mass is 10.1. The second-order valence-electron chi connectivity index (χ2n) is 3.56. The number of benzene rings is 1. The molecule has 0 amide bonds. The van der Waals surface area contributed by atoms with Gasteiger partial charge in [0.15, 0.2) is 0 Å². The van der Waals surface area contributed by atoms with Crippen molar-refractivity contribution in [2.24, 2.45) is 0 Å². The van der Waals surface area contributed by atoms with Crippen molar-refractivity contribution < 1.29 is 0 Å². The van der Waals surface area contributed by atoms with Gasteiger partial charge in [0.25, 0.3) is 0 Å². The van der Waals surface area contributed by atoms with Crippen molar-refractivity contribution in [2.45, 2.75) is 19.9 Å². The third-order valence-corrected chi connectivity index (χ3v) is 2.00. The van der Waals surface area contributed by atoms with Gasteiger partial charge in [-0.25, -0.2) is 0 Å². The Labute approximate surface area is 86.0 Å². The molecule has 0 unspecified atom stereocenters. The fraction of sp³-hybridized carbons (Fsp3) is 0.333. The molecule has 1 aromatic carbocycles. The van der Waals surface area contributed by atoms with Crippen molar-refractivity contribution in [1.82, 2.24) is 0 Å². The van der Waals surface area contributed by atoms with Crippen molar-refractivity contribution in [3.8, 4) is 0 Å². The molecule has 14 heavy (non-hydrogen) atoms. The smallest absolute Gasteiger partial charge is 0.0417 e. The molecule has 0 saturated heterocycles. The second-order valence-corrected chi connectivity index (χ2v) is 3.56. The summed E-state index contributed by atoms with van der Waals surface area (Å²) < 4.78 is 0. The molecule has 0 aliphatic carbocycles. The van der Waals surface area contributed by atoms with Crippen LogP contribution in [-0.2, 0) is 0 Å². The van der Waals surface area contributed by atoms with Crippen molar-refractivity contribution >= 4 is 17.5 Å². The number of hydrogen-bond acceptors (Lipinski definition) is 2. The summed E-state index contributed by atoms with van der Waals surface area (Å²) in [6, 6.07) is 6.65. The van der Waals surface area contributed by atoms with Crippen LogP contribution in [0.15, 0.2) is 24.8 Å². The van der Waals surface area contributed by atoms with Gasteiger partial charge >= 0.3 is 0 Å². The molecule has 0 heterocycles. The molecule has 0 bridgehead atoms. The molecule has 2 N–H and O–H groups in total. The van der Waals surface area contributed by atoms with Crippen molar-refractivity contribution in [1.29, 1.82) is 0 Å². The number of rotatable bonds is 4. The molecule has 1 rings (SSSR count). The van der Waals surface area contributed by atoms with E-state index in [4.69, 9.17) is 0 Å². The van der Waals surface area contributed by atoms with Gasteiger partial charge in [0.1, 0.15) is 0 Å². The number of anilines is 2. The first-order valence-electron chi connectivity index (χ1n) is 4.88. The van der Waals surface area contributed by atoms with Crippen LogP contribution < -0.4 is 10.6 Å². The highest BCUT2D eigenvalue weighted by Gasteiger charge is 2.01. The Morgan fingerprint density at radius 3 is 2.57 bits per heavy atom. The summed E-state index contributed by atoms with van der Waals surface area (Å²) in [4.78, 5) is 0. The van der Waals surface area contributed by atoms with Gasteiger partial charge in [-0.1, -0.05) is 12.7 Å². The molecular weight excluding hydrogens is 172 g/mol. The summed E-state index contributed by atoms with van der Waals surface area (Å²) in [6.45, 7) is 8.05. The minimum absolute atomic E-state index is 0.439. The van der Waals surface area contributed by atoms with Gasteiger partial charge in [-0.3, -0.25) is 0 Å². The predicted octanol–water partition coefficient (Wildman–Crippen LogP) is 3.19. The lowest BCUT2D eigenvalue weighted by molar-refractivity contribution is 0.899. The van der Waals surface area contributed by atoms with Gasteiger partial charge in [0.05, 0.1) is 0 Å². The summed E-state index contributed by atoms with van der Waals surface area (Å²) >= 11 is 0. The van der Waals surface area contributed by atoms with Crippen LogP contribution in [0.3, 0.4) is 0 Å². The molecule has 0 aliphatic heterocycles. The van der Waals surface area contributed by atoms with Crippen molar-refractivity contribution in [2.75, 3.05) is 17.7 Å². The van der Waals surface area contributed by atoms with Crippen LogP contribution in [0.25, 0.3) is 6.08 Å². The zero-order valence-electron chi connectivity index (χ0n) is 9.09. The monoisotopic (exact) mass is 190 g/mol. The Balaban J connectivity index is 2.99. The Morgan fingerprint density at radius 2 is 2.07 bits per heavy atom. The second kappa shape index (κ2) is 4.70. The fourth-order valence-corrected chi connectivity index (χ4v) is 1.33. The average molecular weight is 190 g/mol. The van der Waals surface area contributed by atoms with E-state index in [1.807, 2.05) is 13.1 Å². The molecule has 0 aliphatic rings. The minimum Gasteiger partial charge on any atom is -0.388 e. The maximum Gasteiger partial charge on any atom is 0.0417 e. The predicted molar refractivity (Wildman–Crippen MR) is 64.8 cm³/mol. The molecule has 0 atom stereocenters. The summed E-state index contributed by atoms with van der Waals surface area (Å²) in [5.41, 5.74) is 3.37. The van der Waals surface area contributed by atoms with Crippen LogP contribution in [0, 0.1) is 0 Å². The van der Waals surface area contributed by atoms with E-state index in [9.17, 15) is 0 Å². The summed E-state index contributed by atoms with van der Waals surface area (Å²) in [5.74, 6) is 0. The lowest BCUT2D eigenvalue weighted by Crippen LogP contribution is -2.10. The highest BCUT2D eigenvalue weighted by Crippen LogP contribution is 2.21. The molecule has 0 radical (unpaired) electrons. The zero-order valence-corrected chi connectivity index (χ0v) is 9.09. The SMILES string of the molecule is C=Cc1cc(NC)ccc1NC(C)C. The Bertz CT molecular complexity index is 316. The van der Waals surface area contributed by atoms with Crippen LogP contribution in [0.5, 0.6) is 0 Å². The summed E-state index contributed by atoms with van der Waals surface area (Å²) in [7, 11) is 1.91. The van der Waals surface area contributed by atoms with Gasteiger partial charge in [-0.2, -0.15) is 0 Å². The standard InChI is InChI=1S/C12H18N2/c1-5-10-8-11(13-4)6-7-12(10)14-9(2)3/h5-9,13-14H,1H2,2-4H3. The molecule has 2 nitrogen and oxygen atoms in total. The zero-order chi connectivity index (χ0) is 10.6. The van der Waals surface area contributed by atoms with Gasteiger partial charge < -0.3 is 10.6 Å². The van der Waals surface area contributed by atoms with Crippen LogP contribution >= 0.6 is 0 Å². The highest BCUT2D eigenvalue weighted by atomic mass is 14.9. The normalized spacial score (nSPS) is 10.0. The first-order valence-corrected chi connectivity index (χ1v) is 4.88. The summed E-state index contributed by atoms with van der Waals surface area (Å²) in [6.07, 6.45) is 1.87. The molecule has 76 valence electrons. The van der Waals surface area contributed by atoms with E-state index in [0.29, 0.717) is 6.04 Å². The van der Waals surface area contributed by atoms with Gasteiger partial charge in [-0.05, 0) is 37.6 Å². The molecule has 0 spiro atoms. The fourth-order valence-electron chi connectivity index (χ4n) is 1.33. The van der Waals surface area contributed by atoms with Gasteiger partial charge in [0, 0.05) is 24.5 Å². The molecule has 2 heteroatoms. The van der Waals surface area contributed by atoms with Crippen molar-refractivity contribution in [3.05, 3.63) is 30.3 Å². The van der Waals surface area contributed by atoms with Crippen LogP contribution in [0.4, 0.5) is 11.4 Å². The third-order valence-electron chi connectivity index (χ3n) is 2.00. The van der Waals surface area contributed by atoms with Gasteiger partial charge in [-0.15, -0.1) is 0 Å². The maximum absolute atomic E-state index is 3.81. The lowest BCUT2D eigenvalue weighted by Gasteiger charge is -2.14. The highest BCUT2D eigenvalue weighted by molar-refractivity contribution is 5.70. The Hall–Kier alpha value is -1.44. The van der Waals surface area contributed by atoms with Gasteiger partial charge in [0.2, 0.25) is 0 Å². The van der Waals surface area contributed by atoms with Crippen LogP contribution in [0.2, 0.25) is 0 Å². The third kappa shape index (κ3) is 2.52. The van der Waals surface area contributed by atoms with E-state index in [1.54, 1.807) is 0 Å². The van der Waals surface area contributed by atoms with E-state index < -0.39 is 0 Å². The molecular formula is C12H18N2. The molecule has 0 fully saturated rings. The topological polar surface area (TPSA) is 24.1 Å². The first-order chi connectivity index (χ1) is 6.67. The molecule has 0 aromatic heterocycles. The van der Waals surface area contributed by atoms with E-state index in [0.717, 1.165) is 16.9 Å².